The number of nitrogens with one attached hydrogen (secondary N) is 1. The van der Waals surface area contributed by atoms with Crippen LogP contribution < -0.4 is 5.32 Å². The van der Waals surface area contributed by atoms with Gasteiger partial charge in [0.2, 0.25) is 0 Å². The molecular weight excluding hydrogens is 274 g/mol. The van der Waals surface area contributed by atoms with Crippen molar-refractivity contribution in [1.29, 1.82) is 0 Å². The Bertz CT molecular complexity index is 637. The zero-order chi connectivity index (χ0) is 15.9. The second kappa shape index (κ2) is 5.45. The Morgan fingerprint density at radius 1 is 1.27 bits per heavy atom. The van der Waals surface area contributed by atoms with Gasteiger partial charge in [0.05, 0.1) is 11.1 Å². The Labute approximate surface area is 132 Å². The molecule has 3 rings (SSSR count). The van der Waals surface area contributed by atoms with Crippen LogP contribution in [0.15, 0.2) is 24.0 Å². The summed E-state index contributed by atoms with van der Waals surface area (Å²) in [6, 6.07) is 6.04. The van der Waals surface area contributed by atoms with E-state index >= 15 is 0 Å². The van der Waals surface area contributed by atoms with E-state index < -0.39 is 5.54 Å². The van der Waals surface area contributed by atoms with Gasteiger partial charge >= 0.3 is 0 Å². The smallest absolute Gasteiger partial charge is 0.256 e. The second-order valence-electron chi connectivity index (χ2n) is 6.93. The lowest BCUT2D eigenvalue weighted by atomic mass is 9.75. The minimum Gasteiger partial charge on any atom is -0.509 e. The summed E-state index contributed by atoms with van der Waals surface area (Å²) < 4.78 is 0. The maximum absolute atomic E-state index is 12.5. The molecule has 1 aliphatic carbocycles. The van der Waals surface area contributed by atoms with Crippen molar-refractivity contribution in [2.24, 2.45) is 5.92 Å². The SMILES string of the molecule is CCC1CCC2(CC1)NC(=O)C(c1cc(C)ccc1C)=C2O. The minimum absolute atomic E-state index is 0.124. The molecule has 1 saturated carbocycles. The molecule has 22 heavy (non-hydrogen) atoms. The molecule has 118 valence electrons. The molecule has 2 aliphatic rings. The Morgan fingerprint density at radius 3 is 2.59 bits per heavy atom. The summed E-state index contributed by atoms with van der Waals surface area (Å²) in [5.74, 6) is 0.863. The minimum atomic E-state index is -0.520. The number of hydrogen-bond donors (Lipinski definition) is 2. The highest BCUT2D eigenvalue weighted by atomic mass is 16.3. The van der Waals surface area contributed by atoms with Gasteiger partial charge in [0, 0.05) is 0 Å². The van der Waals surface area contributed by atoms with Crippen LogP contribution >= 0.6 is 0 Å². The van der Waals surface area contributed by atoms with Crippen LogP contribution in [-0.2, 0) is 4.79 Å². The van der Waals surface area contributed by atoms with Gasteiger partial charge in [-0.05, 0) is 56.6 Å². The highest BCUT2D eigenvalue weighted by molar-refractivity contribution is 6.23. The maximum atomic E-state index is 12.5. The molecule has 1 aromatic rings. The Kier molecular flexibility index (Phi) is 3.75. The lowest BCUT2D eigenvalue weighted by Gasteiger charge is -2.36. The first kappa shape index (κ1) is 15.1. The second-order valence-corrected chi connectivity index (χ2v) is 6.93. The van der Waals surface area contributed by atoms with E-state index in [-0.39, 0.29) is 11.7 Å². The normalized spacial score (nSPS) is 28.3. The largest absolute Gasteiger partial charge is 0.509 e. The molecule has 1 spiro atoms. The van der Waals surface area contributed by atoms with Crippen LogP contribution in [0.4, 0.5) is 0 Å². The molecule has 3 heteroatoms. The zero-order valence-electron chi connectivity index (χ0n) is 13.7. The van der Waals surface area contributed by atoms with Crippen LogP contribution in [-0.4, -0.2) is 16.6 Å². The maximum Gasteiger partial charge on any atom is 0.256 e. The number of carbonyl (C=O) groups excluding carboxylic acids is 1. The van der Waals surface area contributed by atoms with Crippen LogP contribution in [0.2, 0.25) is 0 Å². The van der Waals surface area contributed by atoms with Gasteiger partial charge in [-0.15, -0.1) is 0 Å². The molecule has 0 radical (unpaired) electrons. The number of amides is 1. The summed E-state index contributed by atoms with van der Waals surface area (Å²) in [6.45, 7) is 6.21. The number of aryl methyl sites for hydroxylation is 2. The Morgan fingerprint density at radius 2 is 1.95 bits per heavy atom. The molecule has 1 aliphatic heterocycles. The Hall–Kier alpha value is -1.77. The van der Waals surface area contributed by atoms with E-state index in [0.717, 1.165) is 48.3 Å². The van der Waals surface area contributed by atoms with Crippen LogP contribution in [0, 0.1) is 19.8 Å². The number of aliphatic hydroxyl groups excluding tert-OH is 1. The van der Waals surface area contributed by atoms with E-state index in [1.54, 1.807) is 0 Å². The van der Waals surface area contributed by atoms with Crippen molar-refractivity contribution in [3.63, 3.8) is 0 Å². The Balaban J connectivity index is 2.00. The third-order valence-corrected chi connectivity index (χ3v) is 5.47. The van der Waals surface area contributed by atoms with Gasteiger partial charge in [0.15, 0.2) is 0 Å². The van der Waals surface area contributed by atoms with Crippen LogP contribution in [0.25, 0.3) is 5.57 Å². The third-order valence-electron chi connectivity index (χ3n) is 5.47. The molecule has 0 atom stereocenters. The average Bonchev–Trinajstić information content (AvgIpc) is 2.74. The molecule has 2 N–H and O–H groups in total. The zero-order valence-corrected chi connectivity index (χ0v) is 13.7. The van der Waals surface area contributed by atoms with E-state index in [9.17, 15) is 9.90 Å². The fourth-order valence-electron chi connectivity index (χ4n) is 3.88. The quantitative estimate of drug-likeness (QED) is 0.866. The van der Waals surface area contributed by atoms with Crippen molar-refractivity contribution in [1.82, 2.24) is 5.32 Å². The summed E-state index contributed by atoms with van der Waals surface area (Å²) in [4.78, 5) is 12.5. The first-order valence-electron chi connectivity index (χ1n) is 8.30. The van der Waals surface area contributed by atoms with Gasteiger partial charge in [0.1, 0.15) is 5.76 Å². The first-order valence-corrected chi connectivity index (χ1v) is 8.30. The molecule has 0 unspecified atom stereocenters. The monoisotopic (exact) mass is 299 g/mol. The molecule has 1 heterocycles. The van der Waals surface area contributed by atoms with Crippen molar-refractivity contribution >= 4 is 11.5 Å². The van der Waals surface area contributed by atoms with Crippen molar-refractivity contribution in [2.75, 3.05) is 0 Å². The van der Waals surface area contributed by atoms with Crippen molar-refractivity contribution in [2.45, 2.75) is 58.4 Å². The molecular formula is C19H25NO2. The highest BCUT2D eigenvalue weighted by Gasteiger charge is 2.47. The van der Waals surface area contributed by atoms with E-state index in [2.05, 4.69) is 12.2 Å². The lowest BCUT2D eigenvalue weighted by molar-refractivity contribution is -0.116. The van der Waals surface area contributed by atoms with Gasteiger partial charge in [-0.3, -0.25) is 4.79 Å². The van der Waals surface area contributed by atoms with Gasteiger partial charge in [-0.1, -0.05) is 37.1 Å². The number of rotatable bonds is 2. The topological polar surface area (TPSA) is 49.3 Å². The highest BCUT2D eigenvalue weighted by Crippen LogP contribution is 2.43. The summed E-state index contributed by atoms with van der Waals surface area (Å²) in [6.07, 6.45) is 5.01. The van der Waals surface area contributed by atoms with Crippen LogP contribution in [0.1, 0.15) is 55.7 Å². The van der Waals surface area contributed by atoms with E-state index in [1.165, 1.54) is 6.42 Å². The molecule has 0 saturated heterocycles. The fourth-order valence-corrected chi connectivity index (χ4v) is 3.88. The number of aliphatic hydroxyl groups is 1. The van der Waals surface area contributed by atoms with Gasteiger partial charge in [0.25, 0.3) is 5.91 Å². The lowest BCUT2D eigenvalue weighted by Crippen LogP contribution is -2.47. The molecule has 1 fully saturated rings. The fraction of sp³-hybridized carbons (Fsp3) is 0.526. The molecule has 1 amide bonds. The molecule has 1 aromatic carbocycles. The van der Waals surface area contributed by atoms with Gasteiger partial charge < -0.3 is 10.4 Å². The van der Waals surface area contributed by atoms with Gasteiger partial charge in [-0.25, -0.2) is 0 Å². The van der Waals surface area contributed by atoms with Crippen molar-refractivity contribution < 1.29 is 9.90 Å². The predicted octanol–water partition coefficient (Wildman–Crippen LogP) is 4.04. The van der Waals surface area contributed by atoms with E-state index in [1.807, 2.05) is 32.0 Å². The molecule has 0 bridgehead atoms. The summed E-state index contributed by atoms with van der Waals surface area (Å²) in [7, 11) is 0. The van der Waals surface area contributed by atoms with E-state index in [4.69, 9.17) is 0 Å². The van der Waals surface area contributed by atoms with Crippen LogP contribution in [0.5, 0.6) is 0 Å². The number of hydrogen-bond acceptors (Lipinski definition) is 2. The number of carbonyl (C=O) groups is 1. The first-order chi connectivity index (χ1) is 10.5. The van der Waals surface area contributed by atoms with Crippen molar-refractivity contribution in [3.8, 4) is 0 Å². The summed E-state index contributed by atoms with van der Waals surface area (Å²) >= 11 is 0. The summed E-state index contributed by atoms with van der Waals surface area (Å²) in [5.41, 5.74) is 2.96. The van der Waals surface area contributed by atoms with Crippen molar-refractivity contribution in [3.05, 3.63) is 40.6 Å². The predicted molar refractivity (Wildman–Crippen MR) is 88.6 cm³/mol. The average molecular weight is 299 g/mol. The molecule has 3 nitrogen and oxygen atoms in total. The van der Waals surface area contributed by atoms with E-state index in [0.29, 0.717) is 5.57 Å². The molecule has 0 aromatic heterocycles. The standard InChI is InChI=1S/C19H25NO2/c1-4-14-7-9-19(10-8-14)17(21)16(18(22)20-19)15-11-12(2)5-6-13(15)3/h5-6,11,14,21H,4,7-10H2,1-3H3,(H,20,22). The number of benzene rings is 1. The van der Waals surface area contributed by atoms with Gasteiger partial charge in [-0.2, -0.15) is 0 Å². The third kappa shape index (κ3) is 2.33. The van der Waals surface area contributed by atoms with Crippen LogP contribution in [0.3, 0.4) is 0 Å². The summed E-state index contributed by atoms with van der Waals surface area (Å²) in [5, 5.41) is 14.0.